The standard InChI is InChI=1S/C26H30N4OS/c1-18-5-7-21-8-9-22(29-12-4-11-28(3)13-14-29)17-30(21)26(31)16-23(18)20-6-10-25-24(15-20)27-19(2)32-25/h6-10,15-18H,4-5,11-14H2,1-3H3. The van der Waals surface area contributed by atoms with E-state index >= 15 is 0 Å². The summed E-state index contributed by atoms with van der Waals surface area (Å²) in [7, 11) is 2.18. The second kappa shape index (κ2) is 8.68. The molecule has 2 aromatic rings. The Morgan fingerprint density at radius 1 is 1.09 bits per heavy atom. The van der Waals surface area contributed by atoms with Crippen LogP contribution in [0.15, 0.2) is 60.1 Å². The fourth-order valence-corrected chi connectivity index (χ4v) is 5.52. The SMILES string of the molecule is Cc1nc2cc(C3=CC(=O)N4C=C(N5CCCN(C)CC5)C=CC4=CCC3C)ccc2s1. The van der Waals surface area contributed by atoms with Gasteiger partial charge in [0.1, 0.15) is 0 Å². The monoisotopic (exact) mass is 446 g/mol. The Bertz CT molecular complexity index is 1170. The van der Waals surface area contributed by atoms with Gasteiger partial charge in [0.05, 0.1) is 20.9 Å². The van der Waals surface area contributed by atoms with E-state index in [-0.39, 0.29) is 11.8 Å². The molecule has 166 valence electrons. The maximum Gasteiger partial charge on any atom is 0.255 e. The fourth-order valence-electron chi connectivity index (χ4n) is 4.71. The molecule has 1 fully saturated rings. The lowest BCUT2D eigenvalue weighted by Gasteiger charge is -2.31. The molecule has 0 spiro atoms. The zero-order valence-electron chi connectivity index (χ0n) is 19.0. The second-order valence-corrected chi connectivity index (χ2v) is 10.3. The quantitative estimate of drug-likeness (QED) is 0.665. The van der Waals surface area contributed by atoms with E-state index in [4.69, 9.17) is 0 Å². The number of hydrogen-bond acceptors (Lipinski definition) is 5. The molecule has 1 amide bonds. The number of nitrogens with zero attached hydrogens (tertiary/aromatic N) is 4. The molecule has 6 heteroatoms. The molecule has 0 radical (unpaired) electrons. The van der Waals surface area contributed by atoms with Gasteiger partial charge in [-0.3, -0.25) is 9.69 Å². The summed E-state index contributed by atoms with van der Waals surface area (Å²) in [5, 5.41) is 1.07. The number of benzene rings is 1. The van der Waals surface area contributed by atoms with Gasteiger partial charge in [-0.1, -0.05) is 19.1 Å². The number of likely N-dealkylation sites (N-methyl/N-ethyl adjacent to an activating group) is 1. The Morgan fingerprint density at radius 3 is 2.81 bits per heavy atom. The van der Waals surface area contributed by atoms with E-state index in [1.54, 1.807) is 11.3 Å². The lowest BCUT2D eigenvalue weighted by Crippen LogP contribution is -2.33. The maximum absolute atomic E-state index is 13.4. The van der Waals surface area contributed by atoms with Crippen LogP contribution in [0.4, 0.5) is 0 Å². The van der Waals surface area contributed by atoms with E-state index in [0.29, 0.717) is 0 Å². The zero-order chi connectivity index (χ0) is 22.2. The molecule has 0 saturated carbocycles. The van der Waals surface area contributed by atoms with Crippen molar-refractivity contribution >= 4 is 33.0 Å². The summed E-state index contributed by atoms with van der Waals surface area (Å²) in [4.78, 5) is 24.7. The summed E-state index contributed by atoms with van der Waals surface area (Å²) in [5.74, 6) is 0.270. The van der Waals surface area contributed by atoms with Crippen molar-refractivity contribution in [2.45, 2.75) is 26.7 Å². The molecule has 1 atom stereocenters. The van der Waals surface area contributed by atoms with Gasteiger partial charge < -0.3 is 9.80 Å². The number of thiazole rings is 1. The normalized spacial score (nSPS) is 22.7. The molecule has 1 aromatic carbocycles. The van der Waals surface area contributed by atoms with Gasteiger partial charge in [-0.25, -0.2) is 4.98 Å². The Labute approximate surface area is 194 Å². The van der Waals surface area contributed by atoms with Crippen LogP contribution in [0, 0.1) is 12.8 Å². The number of allylic oxidation sites excluding steroid dienone is 4. The van der Waals surface area contributed by atoms with Crippen molar-refractivity contribution in [1.82, 2.24) is 19.7 Å². The Morgan fingerprint density at radius 2 is 1.94 bits per heavy atom. The van der Waals surface area contributed by atoms with Crippen LogP contribution in [0.3, 0.4) is 0 Å². The largest absolute Gasteiger partial charge is 0.369 e. The number of amides is 1. The third kappa shape index (κ3) is 4.17. The van der Waals surface area contributed by atoms with Crippen LogP contribution in [-0.4, -0.2) is 58.8 Å². The predicted octanol–water partition coefficient (Wildman–Crippen LogP) is 4.79. The minimum Gasteiger partial charge on any atom is -0.369 e. The van der Waals surface area contributed by atoms with Gasteiger partial charge in [0.2, 0.25) is 0 Å². The first-order valence-electron chi connectivity index (χ1n) is 11.4. The van der Waals surface area contributed by atoms with Crippen LogP contribution < -0.4 is 0 Å². The highest BCUT2D eigenvalue weighted by Gasteiger charge is 2.24. The first-order chi connectivity index (χ1) is 15.5. The van der Waals surface area contributed by atoms with E-state index in [0.717, 1.165) is 72.1 Å². The van der Waals surface area contributed by atoms with Crippen molar-refractivity contribution < 1.29 is 4.79 Å². The molecule has 3 aliphatic rings. The molecular weight excluding hydrogens is 416 g/mol. The van der Waals surface area contributed by atoms with Crippen molar-refractivity contribution in [2.24, 2.45) is 5.92 Å². The molecule has 0 aliphatic carbocycles. The zero-order valence-corrected chi connectivity index (χ0v) is 19.9. The number of hydrogen-bond donors (Lipinski definition) is 0. The van der Waals surface area contributed by atoms with Crippen molar-refractivity contribution in [3.05, 3.63) is 70.7 Å². The van der Waals surface area contributed by atoms with E-state index < -0.39 is 0 Å². The molecule has 32 heavy (non-hydrogen) atoms. The smallest absolute Gasteiger partial charge is 0.255 e. The molecule has 5 rings (SSSR count). The molecule has 1 unspecified atom stereocenters. The van der Waals surface area contributed by atoms with Crippen LogP contribution in [-0.2, 0) is 4.79 Å². The summed E-state index contributed by atoms with van der Waals surface area (Å²) in [6.45, 7) is 8.40. The van der Waals surface area contributed by atoms with Gasteiger partial charge in [-0.05, 0) is 74.7 Å². The summed E-state index contributed by atoms with van der Waals surface area (Å²) in [6.07, 6.45) is 12.3. The van der Waals surface area contributed by atoms with Crippen molar-refractivity contribution in [1.29, 1.82) is 0 Å². The summed E-state index contributed by atoms with van der Waals surface area (Å²) in [5.41, 5.74) is 5.27. The second-order valence-electron chi connectivity index (χ2n) is 9.02. The molecule has 3 aliphatic heterocycles. The van der Waals surface area contributed by atoms with E-state index in [9.17, 15) is 4.79 Å². The van der Waals surface area contributed by atoms with Gasteiger partial charge in [-0.15, -0.1) is 11.3 Å². The van der Waals surface area contributed by atoms with E-state index in [1.807, 2.05) is 24.1 Å². The maximum atomic E-state index is 13.4. The number of carbonyl (C=O) groups excluding carboxylic acids is 1. The average Bonchev–Trinajstić information content (AvgIpc) is 3.02. The van der Waals surface area contributed by atoms with Gasteiger partial charge in [0.25, 0.3) is 5.91 Å². The van der Waals surface area contributed by atoms with Crippen molar-refractivity contribution in [3.63, 3.8) is 0 Å². The third-order valence-electron chi connectivity index (χ3n) is 6.60. The van der Waals surface area contributed by atoms with E-state index in [1.165, 1.54) is 4.70 Å². The molecule has 1 saturated heterocycles. The number of fused-ring (bicyclic) bond motifs is 2. The highest BCUT2D eigenvalue weighted by molar-refractivity contribution is 7.18. The highest BCUT2D eigenvalue weighted by atomic mass is 32.1. The Hall–Kier alpha value is -2.70. The summed E-state index contributed by atoms with van der Waals surface area (Å²) in [6, 6.07) is 6.39. The third-order valence-corrected chi connectivity index (χ3v) is 7.56. The van der Waals surface area contributed by atoms with Gasteiger partial charge in [0.15, 0.2) is 0 Å². The summed E-state index contributed by atoms with van der Waals surface area (Å²) >= 11 is 1.71. The Balaban J connectivity index is 1.46. The number of rotatable bonds is 2. The Kier molecular flexibility index (Phi) is 5.74. The number of carbonyl (C=O) groups is 1. The van der Waals surface area contributed by atoms with Crippen LogP contribution in [0.1, 0.15) is 30.3 Å². The predicted molar refractivity (Wildman–Crippen MR) is 132 cm³/mol. The molecule has 1 aromatic heterocycles. The van der Waals surface area contributed by atoms with Gasteiger partial charge >= 0.3 is 0 Å². The highest BCUT2D eigenvalue weighted by Crippen LogP contribution is 2.33. The van der Waals surface area contributed by atoms with Crippen LogP contribution in [0.25, 0.3) is 15.8 Å². The van der Waals surface area contributed by atoms with Crippen LogP contribution in [0.2, 0.25) is 0 Å². The fraction of sp³-hybridized carbons (Fsp3) is 0.385. The van der Waals surface area contributed by atoms with Gasteiger partial charge in [0, 0.05) is 37.6 Å². The molecule has 4 heterocycles. The lowest BCUT2D eigenvalue weighted by molar-refractivity contribution is -0.122. The van der Waals surface area contributed by atoms with Gasteiger partial charge in [-0.2, -0.15) is 0 Å². The van der Waals surface area contributed by atoms with E-state index in [2.05, 4.69) is 65.2 Å². The molecule has 5 nitrogen and oxygen atoms in total. The topological polar surface area (TPSA) is 39.7 Å². The molecular formula is C26H30N4OS. The average molecular weight is 447 g/mol. The molecule has 0 N–H and O–H groups in total. The number of aromatic nitrogens is 1. The minimum atomic E-state index is 0.0149. The minimum absolute atomic E-state index is 0.0149. The molecule has 0 bridgehead atoms. The van der Waals surface area contributed by atoms with Crippen LogP contribution in [0.5, 0.6) is 0 Å². The first kappa shape index (κ1) is 21.2. The summed E-state index contributed by atoms with van der Waals surface area (Å²) < 4.78 is 1.19. The number of aryl methyl sites for hydroxylation is 1. The first-order valence-corrected chi connectivity index (χ1v) is 12.3. The van der Waals surface area contributed by atoms with Crippen molar-refractivity contribution in [3.8, 4) is 0 Å². The van der Waals surface area contributed by atoms with Crippen molar-refractivity contribution in [2.75, 3.05) is 33.2 Å². The lowest BCUT2D eigenvalue weighted by atomic mass is 9.89. The van der Waals surface area contributed by atoms with Crippen LogP contribution >= 0.6 is 11.3 Å².